The summed E-state index contributed by atoms with van der Waals surface area (Å²) in [5, 5.41) is 7.51. The van der Waals surface area contributed by atoms with Gasteiger partial charge in [0.15, 0.2) is 0 Å². The summed E-state index contributed by atoms with van der Waals surface area (Å²) in [6.45, 7) is 12.1. The third-order valence-electron chi connectivity index (χ3n) is 4.36. The van der Waals surface area contributed by atoms with Crippen molar-refractivity contribution >= 4 is 12.0 Å². The van der Waals surface area contributed by atoms with Crippen molar-refractivity contribution in [2.45, 2.75) is 53.7 Å². The van der Waals surface area contributed by atoms with E-state index in [1.54, 1.807) is 6.08 Å². The largest absolute Gasteiger partial charge is 0.379 e. The molecule has 1 heterocycles. The number of aromatic nitrogens is 2. The Morgan fingerprint density at radius 1 is 1.22 bits per heavy atom. The number of amides is 1. The summed E-state index contributed by atoms with van der Waals surface area (Å²) in [5.74, 6) is -0.0929. The molecule has 0 aliphatic rings. The molecule has 0 aliphatic carbocycles. The Balaban J connectivity index is 1.92. The standard InChI is InChI=1S/C22H31N3O2/c1-16(2)27-14-6-13-23-22(26)12-11-21-18(4)24-25(19(21)5)15-20-9-7-17(3)8-10-20/h7-12,16H,6,13-15H2,1-5H3,(H,23,26)/b12-11+. The summed E-state index contributed by atoms with van der Waals surface area (Å²) < 4.78 is 7.45. The first-order valence-electron chi connectivity index (χ1n) is 9.54. The average Bonchev–Trinajstić information content (AvgIpc) is 2.88. The summed E-state index contributed by atoms with van der Waals surface area (Å²) in [6, 6.07) is 8.46. The first kappa shape index (κ1) is 20.9. The van der Waals surface area contributed by atoms with E-state index in [0.29, 0.717) is 13.2 Å². The van der Waals surface area contributed by atoms with Crippen LogP contribution in [0.3, 0.4) is 0 Å². The molecule has 5 nitrogen and oxygen atoms in total. The van der Waals surface area contributed by atoms with Crippen LogP contribution in [-0.4, -0.2) is 34.9 Å². The van der Waals surface area contributed by atoms with Crippen molar-refractivity contribution in [2.75, 3.05) is 13.2 Å². The molecule has 0 bridgehead atoms. The van der Waals surface area contributed by atoms with Gasteiger partial charge >= 0.3 is 0 Å². The fraction of sp³-hybridized carbons (Fsp3) is 0.455. The second-order valence-corrected chi connectivity index (χ2v) is 7.13. The van der Waals surface area contributed by atoms with Gasteiger partial charge < -0.3 is 10.1 Å². The third-order valence-corrected chi connectivity index (χ3v) is 4.36. The molecule has 27 heavy (non-hydrogen) atoms. The third kappa shape index (κ3) is 6.68. The van der Waals surface area contributed by atoms with Crippen molar-refractivity contribution in [3.63, 3.8) is 0 Å². The molecule has 0 saturated heterocycles. The number of rotatable bonds is 9. The highest BCUT2D eigenvalue weighted by molar-refractivity contribution is 5.91. The molecule has 1 aromatic heterocycles. The SMILES string of the molecule is Cc1ccc(Cn2nc(C)c(/C=C/C(=O)NCCCOC(C)C)c2C)cc1. The minimum absolute atomic E-state index is 0.0929. The number of ether oxygens (including phenoxy) is 1. The number of carbonyl (C=O) groups is 1. The van der Waals surface area contributed by atoms with E-state index in [4.69, 9.17) is 4.74 Å². The maximum absolute atomic E-state index is 12.0. The monoisotopic (exact) mass is 369 g/mol. The molecule has 5 heteroatoms. The Morgan fingerprint density at radius 2 is 1.93 bits per heavy atom. The lowest BCUT2D eigenvalue weighted by atomic mass is 10.1. The predicted octanol–water partition coefficient (Wildman–Crippen LogP) is 3.80. The second-order valence-electron chi connectivity index (χ2n) is 7.13. The van der Waals surface area contributed by atoms with Crippen molar-refractivity contribution in [3.8, 4) is 0 Å². The van der Waals surface area contributed by atoms with E-state index in [9.17, 15) is 4.79 Å². The van der Waals surface area contributed by atoms with Gasteiger partial charge in [0, 0.05) is 30.5 Å². The number of nitrogens with one attached hydrogen (secondary N) is 1. The van der Waals surface area contributed by atoms with E-state index in [2.05, 4.69) is 41.6 Å². The van der Waals surface area contributed by atoms with Crippen LogP contribution in [0.25, 0.3) is 6.08 Å². The first-order valence-corrected chi connectivity index (χ1v) is 9.54. The van der Waals surface area contributed by atoms with Gasteiger partial charge in [-0.05, 0) is 52.7 Å². The van der Waals surface area contributed by atoms with Gasteiger partial charge in [0.05, 0.1) is 18.3 Å². The van der Waals surface area contributed by atoms with Crippen LogP contribution in [0.4, 0.5) is 0 Å². The minimum atomic E-state index is -0.0929. The van der Waals surface area contributed by atoms with Crippen molar-refractivity contribution in [1.29, 1.82) is 0 Å². The van der Waals surface area contributed by atoms with Crippen LogP contribution in [0.5, 0.6) is 0 Å². The van der Waals surface area contributed by atoms with Gasteiger partial charge in [-0.1, -0.05) is 29.8 Å². The van der Waals surface area contributed by atoms with Gasteiger partial charge in [0.2, 0.25) is 5.91 Å². The molecule has 0 saturated carbocycles. The van der Waals surface area contributed by atoms with Gasteiger partial charge in [-0.2, -0.15) is 5.10 Å². The van der Waals surface area contributed by atoms with E-state index in [-0.39, 0.29) is 12.0 Å². The van der Waals surface area contributed by atoms with Crippen LogP contribution < -0.4 is 5.32 Å². The molecule has 0 spiro atoms. The second kappa shape index (κ2) is 10.1. The molecule has 0 atom stereocenters. The number of carbonyl (C=O) groups excluding carboxylic acids is 1. The van der Waals surface area contributed by atoms with E-state index >= 15 is 0 Å². The maximum atomic E-state index is 12.0. The van der Waals surface area contributed by atoms with Crippen molar-refractivity contribution in [1.82, 2.24) is 15.1 Å². The highest BCUT2D eigenvalue weighted by atomic mass is 16.5. The lowest BCUT2D eigenvalue weighted by molar-refractivity contribution is -0.116. The molecular formula is C22H31N3O2. The summed E-state index contributed by atoms with van der Waals surface area (Å²) in [5.41, 5.74) is 5.44. The van der Waals surface area contributed by atoms with Crippen molar-refractivity contribution in [2.24, 2.45) is 0 Å². The maximum Gasteiger partial charge on any atom is 0.244 e. The number of benzene rings is 1. The van der Waals surface area contributed by atoms with E-state index < -0.39 is 0 Å². The Labute approximate surface area is 162 Å². The molecule has 0 radical (unpaired) electrons. The lowest BCUT2D eigenvalue weighted by Gasteiger charge is -2.07. The Hall–Kier alpha value is -2.40. The fourth-order valence-electron chi connectivity index (χ4n) is 2.79. The minimum Gasteiger partial charge on any atom is -0.379 e. The lowest BCUT2D eigenvalue weighted by Crippen LogP contribution is -2.23. The van der Waals surface area contributed by atoms with Crippen LogP contribution in [0.1, 0.15) is 48.3 Å². The molecule has 0 fully saturated rings. The molecule has 2 rings (SSSR count). The van der Waals surface area contributed by atoms with E-state index in [1.807, 2.05) is 38.5 Å². The molecule has 0 aliphatic heterocycles. The van der Waals surface area contributed by atoms with E-state index in [0.717, 1.165) is 29.9 Å². The van der Waals surface area contributed by atoms with Gasteiger partial charge in [-0.15, -0.1) is 0 Å². The zero-order valence-corrected chi connectivity index (χ0v) is 17.1. The summed E-state index contributed by atoms with van der Waals surface area (Å²) >= 11 is 0. The highest BCUT2D eigenvalue weighted by Gasteiger charge is 2.10. The van der Waals surface area contributed by atoms with Crippen molar-refractivity contribution < 1.29 is 9.53 Å². The number of nitrogens with zero attached hydrogens (tertiary/aromatic N) is 2. The number of hydrogen-bond donors (Lipinski definition) is 1. The Morgan fingerprint density at radius 3 is 2.59 bits per heavy atom. The Bertz CT molecular complexity index is 774. The number of aryl methyl sites for hydroxylation is 2. The zero-order chi connectivity index (χ0) is 19.8. The van der Waals surface area contributed by atoms with Gasteiger partial charge in [-0.3, -0.25) is 9.48 Å². The van der Waals surface area contributed by atoms with Crippen LogP contribution in [0, 0.1) is 20.8 Å². The molecule has 2 aromatic rings. The predicted molar refractivity (Wildman–Crippen MR) is 110 cm³/mol. The summed E-state index contributed by atoms with van der Waals surface area (Å²) in [7, 11) is 0. The van der Waals surface area contributed by atoms with Crippen LogP contribution >= 0.6 is 0 Å². The molecule has 1 aromatic carbocycles. The van der Waals surface area contributed by atoms with E-state index in [1.165, 1.54) is 11.1 Å². The molecule has 0 unspecified atom stereocenters. The zero-order valence-electron chi connectivity index (χ0n) is 17.1. The molecule has 1 amide bonds. The van der Waals surface area contributed by atoms with Crippen LogP contribution in [-0.2, 0) is 16.1 Å². The Kier molecular flexibility index (Phi) is 7.80. The highest BCUT2D eigenvalue weighted by Crippen LogP contribution is 2.16. The topological polar surface area (TPSA) is 56.2 Å². The van der Waals surface area contributed by atoms with Crippen LogP contribution in [0.2, 0.25) is 0 Å². The van der Waals surface area contributed by atoms with Gasteiger partial charge in [0.1, 0.15) is 0 Å². The number of hydrogen-bond acceptors (Lipinski definition) is 3. The first-order chi connectivity index (χ1) is 12.9. The normalized spacial score (nSPS) is 11.5. The van der Waals surface area contributed by atoms with Crippen molar-refractivity contribution in [3.05, 3.63) is 58.4 Å². The fourth-order valence-corrected chi connectivity index (χ4v) is 2.79. The summed E-state index contributed by atoms with van der Waals surface area (Å²) in [4.78, 5) is 12.0. The molecule has 146 valence electrons. The molecular weight excluding hydrogens is 338 g/mol. The van der Waals surface area contributed by atoms with Gasteiger partial charge in [-0.25, -0.2) is 0 Å². The quantitative estimate of drug-likeness (QED) is 0.540. The smallest absolute Gasteiger partial charge is 0.244 e. The average molecular weight is 370 g/mol. The van der Waals surface area contributed by atoms with Gasteiger partial charge in [0.25, 0.3) is 0 Å². The summed E-state index contributed by atoms with van der Waals surface area (Å²) in [6.07, 6.45) is 4.47. The molecule has 1 N–H and O–H groups in total. The van der Waals surface area contributed by atoms with Crippen LogP contribution in [0.15, 0.2) is 30.3 Å².